The smallest absolute Gasteiger partial charge is 0.465 e. The summed E-state index contributed by atoms with van der Waals surface area (Å²) in [5, 5.41) is 1.38. The number of carbonyl (C=O) groups is 2. The number of ether oxygens (including phenoxy) is 2. The molecule has 17 heteroatoms. The van der Waals surface area contributed by atoms with Crippen molar-refractivity contribution in [3.05, 3.63) is 58.1 Å². The van der Waals surface area contributed by atoms with Gasteiger partial charge >= 0.3 is 24.7 Å². The Labute approximate surface area is 231 Å². The highest BCUT2D eigenvalue weighted by atomic mass is 35.5. The largest absolute Gasteiger partial charge is 0.573 e. The Hall–Kier alpha value is -3.24. The SMILES string of the molecule is CCOC(=O)C1(C)CNNC1(CC(=O)Nc1ccc(C(F)(F)F)c(OC(F)(F)F)c1)c1ccc(C(F)(F)F)c(Cl)c1. The summed E-state index contributed by atoms with van der Waals surface area (Å²) in [5.41, 5.74) is -1.71. The van der Waals surface area contributed by atoms with Crippen LogP contribution in [-0.2, 0) is 32.2 Å². The normalized spacial score (nSPS) is 21.5. The van der Waals surface area contributed by atoms with Gasteiger partial charge in [-0.15, -0.1) is 13.2 Å². The van der Waals surface area contributed by atoms with Gasteiger partial charge in [-0.25, -0.2) is 5.43 Å². The Morgan fingerprint density at radius 3 is 2.12 bits per heavy atom. The first-order valence-electron chi connectivity index (χ1n) is 11.5. The Morgan fingerprint density at radius 2 is 1.59 bits per heavy atom. The maximum atomic E-state index is 13.3. The average molecular weight is 622 g/mol. The average Bonchev–Trinajstić information content (AvgIpc) is 3.14. The zero-order valence-electron chi connectivity index (χ0n) is 21.0. The molecular formula is C24H21ClF9N3O4. The lowest BCUT2D eigenvalue weighted by molar-refractivity contribution is -0.276. The van der Waals surface area contributed by atoms with Gasteiger partial charge in [0.1, 0.15) is 11.2 Å². The van der Waals surface area contributed by atoms with E-state index in [0.717, 1.165) is 12.1 Å². The molecule has 1 saturated heterocycles. The van der Waals surface area contributed by atoms with Gasteiger partial charge in [0, 0.05) is 18.3 Å². The van der Waals surface area contributed by atoms with Gasteiger partial charge < -0.3 is 14.8 Å². The molecule has 0 saturated carbocycles. The van der Waals surface area contributed by atoms with Crippen LogP contribution in [0.4, 0.5) is 45.2 Å². The second kappa shape index (κ2) is 11.2. The highest BCUT2D eigenvalue weighted by Crippen LogP contribution is 2.48. The fourth-order valence-electron chi connectivity index (χ4n) is 4.43. The fraction of sp³-hybridized carbons (Fsp3) is 0.417. The highest BCUT2D eigenvalue weighted by molar-refractivity contribution is 6.31. The van der Waals surface area contributed by atoms with Crippen LogP contribution < -0.4 is 20.9 Å². The van der Waals surface area contributed by atoms with Crippen LogP contribution in [0.1, 0.15) is 37.0 Å². The van der Waals surface area contributed by atoms with Crippen molar-refractivity contribution in [3.8, 4) is 5.75 Å². The van der Waals surface area contributed by atoms with Crippen molar-refractivity contribution in [2.75, 3.05) is 18.5 Å². The number of nitrogens with one attached hydrogen (secondary N) is 3. The number of anilines is 1. The maximum absolute atomic E-state index is 13.3. The third-order valence-electron chi connectivity index (χ3n) is 6.40. The number of benzene rings is 2. The lowest BCUT2D eigenvalue weighted by atomic mass is 9.66. The molecule has 2 unspecified atom stereocenters. The van der Waals surface area contributed by atoms with Crippen molar-refractivity contribution in [2.45, 2.75) is 44.5 Å². The van der Waals surface area contributed by atoms with E-state index in [0.29, 0.717) is 18.2 Å². The Kier molecular flexibility index (Phi) is 8.82. The second-order valence-electron chi connectivity index (χ2n) is 9.11. The highest BCUT2D eigenvalue weighted by Gasteiger charge is 2.60. The van der Waals surface area contributed by atoms with E-state index in [9.17, 15) is 49.1 Å². The number of hydrazine groups is 1. The molecule has 0 bridgehead atoms. The molecule has 41 heavy (non-hydrogen) atoms. The minimum Gasteiger partial charge on any atom is -0.465 e. The van der Waals surface area contributed by atoms with Crippen LogP contribution in [0, 0.1) is 5.41 Å². The Balaban J connectivity index is 2.05. The van der Waals surface area contributed by atoms with E-state index < -0.39 is 75.6 Å². The maximum Gasteiger partial charge on any atom is 0.573 e. The summed E-state index contributed by atoms with van der Waals surface area (Å²) in [6.45, 7) is 2.55. The molecule has 2 atom stereocenters. The lowest BCUT2D eigenvalue weighted by Gasteiger charge is -2.41. The molecule has 3 rings (SSSR count). The third kappa shape index (κ3) is 6.81. The molecule has 1 amide bonds. The Morgan fingerprint density at radius 1 is 0.976 bits per heavy atom. The molecule has 1 heterocycles. The minimum absolute atomic E-state index is 0.0697. The zero-order valence-corrected chi connectivity index (χ0v) is 21.8. The van der Waals surface area contributed by atoms with Crippen molar-refractivity contribution >= 4 is 29.2 Å². The molecule has 226 valence electrons. The molecule has 0 spiro atoms. The molecule has 0 aliphatic carbocycles. The van der Waals surface area contributed by atoms with Crippen LogP contribution in [0.25, 0.3) is 0 Å². The van der Waals surface area contributed by atoms with Gasteiger partial charge in [0.15, 0.2) is 0 Å². The molecular weight excluding hydrogens is 601 g/mol. The summed E-state index contributed by atoms with van der Waals surface area (Å²) in [6, 6.07) is 3.76. The number of esters is 1. The van der Waals surface area contributed by atoms with Crippen molar-refractivity contribution in [1.82, 2.24) is 10.9 Å². The van der Waals surface area contributed by atoms with Crippen molar-refractivity contribution in [1.29, 1.82) is 0 Å². The van der Waals surface area contributed by atoms with E-state index in [1.54, 1.807) is 0 Å². The molecule has 7 nitrogen and oxygen atoms in total. The van der Waals surface area contributed by atoms with Crippen LogP contribution in [0.15, 0.2) is 36.4 Å². The van der Waals surface area contributed by atoms with Crippen molar-refractivity contribution in [2.24, 2.45) is 5.41 Å². The van der Waals surface area contributed by atoms with Crippen LogP contribution in [-0.4, -0.2) is 31.4 Å². The topological polar surface area (TPSA) is 88.7 Å². The summed E-state index contributed by atoms with van der Waals surface area (Å²) in [7, 11) is 0. The second-order valence-corrected chi connectivity index (χ2v) is 9.52. The van der Waals surface area contributed by atoms with Crippen LogP contribution in [0.2, 0.25) is 5.02 Å². The van der Waals surface area contributed by atoms with E-state index in [2.05, 4.69) is 20.9 Å². The van der Waals surface area contributed by atoms with Crippen LogP contribution in [0.5, 0.6) is 5.75 Å². The van der Waals surface area contributed by atoms with Gasteiger partial charge in [-0.1, -0.05) is 17.7 Å². The predicted molar refractivity (Wildman–Crippen MR) is 125 cm³/mol. The summed E-state index contributed by atoms with van der Waals surface area (Å²) in [5.74, 6) is -3.55. The molecule has 2 aromatic carbocycles. The molecule has 0 radical (unpaired) electrons. The minimum atomic E-state index is -5.49. The number of halogens is 10. The van der Waals surface area contributed by atoms with Gasteiger partial charge in [0.25, 0.3) is 0 Å². The Bertz CT molecular complexity index is 1320. The first-order valence-corrected chi connectivity index (χ1v) is 11.9. The lowest BCUT2D eigenvalue weighted by Crippen LogP contribution is -2.55. The quantitative estimate of drug-likeness (QED) is 0.253. The van der Waals surface area contributed by atoms with E-state index in [-0.39, 0.29) is 24.8 Å². The molecule has 1 aliphatic heterocycles. The van der Waals surface area contributed by atoms with Gasteiger partial charge in [0.05, 0.1) is 34.7 Å². The number of hydrogen-bond donors (Lipinski definition) is 3. The first-order chi connectivity index (χ1) is 18.7. The van der Waals surface area contributed by atoms with Crippen molar-refractivity contribution < 1.29 is 58.6 Å². The van der Waals surface area contributed by atoms with Gasteiger partial charge in [0.2, 0.25) is 5.91 Å². The molecule has 1 fully saturated rings. The van der Waals surface area contributed by atoms with E-state index >= 15 is 0 Å². The number of carbonyl (C=O) groups excluding carboxylic acids is 2. The summed E-state index contributed by atoms with van der Waals surface area (Å²) >= 11 is 5.89. The third-order valence-corrected chi connectivity index (χ3v) is 6.71. The van der Waals surface area contributed by atoms with Crippen LogP contribution >= 0.6 is 11.6 Å². The monoisotopic (exact) mass is 621 g/mol. The number of rotatable bonds is 7. The van der Waals surface area contributed by atoms with Crippen LogP contribution in [0.3, 0.4) is 0 Å². The number of alkyl halides is 9. The molecule has 0 aromatic heterocycles. The van der Waals surface area contributed by atoms with Gasteiger partial charge in [-0.3, -0.25) is 15.0 Å². The van der Waals surface area contributed by atoms with Gasteiger partial charge in [-0.05, 0) is 43.7 Å². The summed E-state index contributed by atoms with van der Waals surface area (Å²) < 4.78 is 126. The standard InChI is InChI=1S/C24H21ClF9N3O4/c1-3-40-19(39)20(2)11-35-37-21(20,12-4-6-14(16(25)8-12)22(26,27)28)10-18(38)36-13-5-7-15(23(29,30)31)17(9-13)41-24(32,33)34/h4-9,35,37H,3,10-11H2,1-2H3,(H,36,38). The molecule has 2 aromatic rings. The fourth-order valence-corrected chi connectivity index (χ4v) is 4.72. The van der Waals surface area contributed by atoms with E-state index in [4.69, 9.17) is 16.3 Å². The first kappa shape index (κ1) is 32.3. The summed E-state index contributed by atoms with van der Waals surface area (Å²) in [6.07, 6.45) is -16.3. The van der Waals surface area contributed by atoms with Crippen molar-refractivity contribution in [3.63, 3.8) is 0 Å². The molecule has 1 aliphatic rings. The van der Waals surface area contributed by atoms with Gasteiger partial charge in [-0.2, -0.15) is 26.3 Å². The number of hydrogen-bond acceptors (Lipinski definition) is 6. The summed E-state index contributed by atoms with van der Waals surface area (Å²) in [4.78, 5) is 26.2. The number of amides is 1. The predicted octanol–water partition coefficient (Wildman–Crippen LogP) is 6.18. The zero-order chi connectivity index (χ0) is 31.0. The molecule has 3 N–H and O–H groups in total. The van der Waals surface area contributed by atoms with E-state index in [1.165, 1.54) is 13.8 Å². The van der Waals surface area contributed by atoms with E-state index in [1.807, 2.05) is 0 Å².